The first-order chi connectivity index (χ1) is 7.85. The van der Waals surface area contributed by atoms with E-state index in [1.165, 1.54) is 0 Å². The van der Waals surface area contributed by atoms with Gasteiger partial charge in [0.1, 0.15) is 5.69 Å². The minimum Gasteiger partial charge on any atom is -0.371 e. The molecule has 2 aromatic heterocycles. The molecule has 0 saturated heterocycles. The average Bonchev–Trinajstić information content (AvgIpc) is 2.78. The van der Waals surface area contributed by atoms with Gasteiger partial charge in [0.2, 0.25) is 0 Å². The van der Waals surface area contributed by atoms with Crippen molar-refractivity contribution in [3.8, 4) is 11.3 Å². The number of aryl methyl sites for hydroxylation is 1. The van der Waals surface area contributed by atoms with Gasteiger partial charge in [0.25, 0.3) is 0 Å². The minimum absolute atomic E-state index is 0.776. The Bertz CT molecular complexity index is 463. The number of hydrogen-bond acceptors (Lipinski definition) is 4. The van der Waals surface area contributed by atoms with Gasteiger partial charge < -0.3 is 5.32 Å². The molecule has 0 saturated carbocycles. The number of nitrogens with zero attached hydrogens (tertiary/aromatic N) is 4. The van der Waals surface area contributed by atoms with Crippen molar-refractivity contribution in [3.63, 3.8) is 0 Å². The Kier molecular flexibility index (Phi) is 3.14. The fraction of sp³-hybridized carbons (Fsp3) is 0.364. The zero-order valence-corrected chi connectivity index (χ0v) is 9.51. The summed E-state index contributed by atoms with van der Waals surface area (Å²) >= 11 is 0. The van der Waals surface area contributed by atoms with Gasteiger partial charge >= 0.3 is 0 Å². The summed E-state index contributed by atoms with van der Waals surface area (Å²) in [5.41, 5.74) is 1.83. The molecule has 2 aromatic rings. The summed E-state index contributed by atoms with van der Waals surface area (Å²) < 4.78 is 1.92. The molecule has 0 bridgehead atoms. The first-order valence-corrected chi connectivity index (χ1v) is 5.36. The zero-order chi connectivity index (χ0) is 11.4. The highest BCUT2D eigenvalue weighted by molar-refractivity contribution is 5.69. The molecule has 2 rings (SSSR count). The lowest BCUT2D eigenvalue weighted by atomic mass is 10.2. The molecule has 2 heterocycles. The second-order valence-electron chi connectivity index (χ2n) is 3.50. The minimum atomic E-state index is 0.776. The molecule has 0 unspecified atom stereocenters. The molecule has 1 N–H and O–H groups in total. The summed E-state index contributed by atoms with van der Waals surface area (Å²) in [5, 5.41) is 7.30. The lowest BCUT2D eigenvalue weighted by molar-refractivity contribution is 0.603. The van der Waals surface area contributed by atoms with Gasteiger partial charge in [-0.3, -0.25) is 9.67 Å². The molecule has 0 radical (unpaired) electrons. The van der Waals surface area contributed by atoms with E-state index in [1.54, 1.807) is 12.4 Å². The van der Waals surface area contributed by atoms with Gasteiger partial charge in [0, 0.05) is 37.7 Å². The molecule has 84 valence electrons. The van der Waals surface area contributed by atoms with Crippen LogP contribution in [-0.4, -0.2) is 26.8 Å². The Morgan fingerprint density at radius 2 is 2.12 bits per heavy atom. The van der Waals surface area contributed by atoms with Gasteiger partial charge in [0.05, 0.1) is 6.20 Å². The van der Waals surface area contributed by atoms with Crippen LogP contribution in [0.4, 0.5) is 5.82 Å². The van der Waals surface area contributed by atoms with Crippen LogP contribution in [0.2, 0.25) is 0 Å². The number of nitrogens with one attached hydrogen (secondary N) is 1. The van der Waals surface area contributed by atoms with Crippen molar-refractivity contribution in [3.05, 3.63) is 24.8 Å². The standard InChI is InChI=1S/C11H15N5/c1-3-6-16-8-9(7-15-16)10-11(12-2)14-5-4-13-10/h4-5,7-8H,3,6H2,1-2H3,(H,12,14). The molecule has 0 aliphatic rings. The topological polar surface area (TPSA) is 55.6 Å². The predicted octanol–water partition coefficient (Wildman–Crippen LogP) is 1.79. The monoisotopic (exact) mass is 217 g/mol. The highest BCUT2D eigenvalue weighted by Crippen LogP contribution is 2.22. The maximum atomic E-state index is 4.31. The lowest BCUT2D eigenvalue weighted by Crippen LogP contribution is -1.97. The maximum Gasteiger partial charge on any atom is 0.152 e. The number of anilines is 1. The van der Waals surface area contributed by atoms with Crippen LogP contribution >= 0.6 is 0 Å². The van der Waals surface area contributed by atoms with Crippen molar-refractivity contribution in [2.24, 2.45) is 0 Å². The number of aromatic nitrogens is 4. The average molecular weight is 217 g/mol. The quantitative estimate of drug-likeness (QED) is 0.848. The van der Waals surface area contributed by atoms with Crippen molar-refractivity contribution in [2.45, 2.75) is 19.9 Å². The summed E-state index contributed by atoms with van der Waals surface area (Å²) in [4.78, 5) is 8.53. The molecule has 0 fully saturated rings. The predicted molar refractivity (Wildman–Crippen MR) is 63.1 cm³/mol. The fourth-order valence-electron chi connectivity index (χ4n) is 1.57. The Labute approximate surface area is 94.5 Å². The van der Waals surface area contributed by atoms with E-state index in [4.69, 9.17) is 0 Å². The van der Waals surface area contributed by atoms with Crippen LogP contribution in [-0.2, 0) is 6.54 Å². The first-order valence-electron chi connectivity index (χ1n) is 5.36. The third kappa shape index (κ3) is 2.03. The molecule has 0 spiro atoms. The molecular weight excluding hydrogens is 202 g/mol. The van der Waals surface area contributed by atoms with Gasteiger partial charge in [0.15, 0.2) is 5.82 Å². The third-order valence-electron chi connectivity index (χ3n) is 2.29. The second kappa shape index (κ2) is 4.74. The van der Waals surface area contributed by atoms with Crippen molar-refractivity contribution in [1.82, 2.24) is 19.7 Å². The van der Waals surface area contributed by atoms with Crippen molar-refractivity contribution < 1.29 is 0 Å². The van der Waals surface area contributed by atoms with Crippen LogP contribution in [0, 0.1) is 0 Å². The molecule has 0 atom stereocenters. The summed E-state index contributed by atoms with van der Waals surface area (Å²) in [7, 11) is 1.84. The number of hydrogen-bond donors (Lipinski definition) is 1. The molecule has 5 nitrogen and oxygen atoms in total. The second-order valence-corrected chi connectivity index (χ2v) is 3.50. The summed E-state index contributed by atoms with van der Waals surface area (Å²) in [6, 6.07) is 0. The van der Waals surface area contributed by atoms with Crippen LogP contribution in [0.5, 0.6) is 0 Å². The highest BCUT2D eigenvalue weighted by atomic mass is 15.3. The summed E-state index contributed by atoms with van der Waals surface area (Å²) in [6.07, 6.45) is 8.24. The van der Waals surface area contributed by atoms with Gasteiger partial charge in [-0.1, -0.05) is 6.92 Å². The smallest absolute Gasteiger partial charge is 0.152 e. The van der Waals surface area contributed by atoms with Gasteiger partial charge in [-0.05, 0) is 6.42 Å². The third-order valence-corrected chi connectivity index (χ3v) is 2.29. The van der Waals surface area contributed by atoms with E-state index in [0.29, 0.717) is 0 Å². The maximum absolute atomic E-state index is 4.31. The van der Waals surface area contributed by atoms with Crippen molar-refractivity contribution >= 4 is 5.82 Å². The van der Waals surface area contributed by atoms with Crippen LogP contribution in [0.15, 0.2) is 24.8 Å². The van der Waals surface area contributed by atoms with E-state index < -0.39 is 0 Å². The van der Waals surface area contributed by atoms with Gasteiger partial charge in [-0.2, -0.15) is 5.10 Å². The van der Waals surface area contributed by atoms with E-state index in [2.05, 4.69) is 27.3 Å². The lowest BCUT2D eigenvalue weighted by Gasteiger charge is -2.03. The largest absolute Gasteiger partial charge is 0.371 e. The molecule has 0 aliphatic carbocycles. The zero-order valence-electron chi connectivity index (χ0n) is 9.51. The van der Waals surface area contributed by atoms with Crippen LogP contribution in [0.25, 0.3) is 11.3 Å². The first kappa shape index (κ1) is 10.6. The Balaban J connectivity index is 2.34. The van der Waals surface area contributed by atoms with E-state index in [1.807, 2.05) is 24.1 Å². The molecule has 5 heteroatoms. The van der Waals surface area contributed by atoms with Crippen LogP contribution in [0.3, 0.4) is 0 Å². The molecule has 16 heavy (non-hydrogen) atoms. The Morgan fingerprint density at radius 3 is 2.88 bits per heavy atom. The Hall–Kier alpha value is -1.91. The normalized spacial score (nSPS) is 10.4. The van der Waals surface area contributed by atoms with Crippen LogP contribution < -0.4 is 5.32 Å². The van der Waals surface area contributed by atoms with E-state index >= 15 is 0 Å². The molecule has 0 amide bonds. The fourth-order valence-corrected chi connectivity index (χ4v) is 1.57. The van der Waals surface area contributed by atoms with Gasteiger partial charge in [-0.25, -0.2) is 4.98 Å². The molecule has 0 aliphatic heterocycles. The molecule has 0 aromatic carbocycles. The molecular formula is C11H15N5. The number of rotatable bonds is 4. The summed E-state index contributed by atoms with van der Waals surface area (Å²) in [6.45, 7) is 3.05. The van der Waals surface area contributed by atoms with E-state index in [0.717, 1.165) is 30.0 Å². The van der Waals surface area contributed by atoms with Crippen LogP contribution in [0.1, 0.15) is 13.3 Å². The summed E-state index contributed by atoms with van der Waals surface area (Å²) in [5.74, 6) is 0.776. The van der Waals surface area contributed by atoms with E-state index in [9.17, 15) is 0 Å². The van der Waals surface area contributed by atoms with E-state index in [-0.39, 0.29) is 0 Å². The SMILES string of the molecule is CCCn1cc(-c2nccnc2NC)cn1. The van der Waals surface area contributed by atoms with Crippen molar-refractivity contribution in [1.29, 1.82) is 0 Å². The highest BCUT2D eigenvalue weighted by Gasteiger charge is 2.08. The Morgan fingerprint density at radius 1 is 1.31 bits per heavy atom. The van der Waals surface area contributed by atoms with Gasteiger partial charge in [-0.15, -0.1) is 0 Å². The van der Waals surface area contributed by atoms with Crippen molar-refractivity contribution in [2.75, 3.05) is 12.4 Å².